The number of esters is 1. The molecule has 1 unspecified atom stereocenters. The van der Waals surface area contributed by atoms with Crippen LogP contribution in [0.5, 0.6) is 0 Å². The van der Waals surface area contributed by atoms with Gasteiger partial charge in [0.25, 0.3) is 10.1 Å². The minimum absolute atomic E-state index is 0.459. The van der Waals surface area contributed by atoms with E-state index in [9.17, 15) is 27.7 Å². The number of allylic oxidation sites excluding steroid dienone is 1. The van der Waals surface area contributed by atoms with Crippen LogP contribution in [0.4, 0.5) is 0 Å². The van der Waals surface area contributed by atoms with Crippen LogP contribution < -0.4 is 10.0 Å². The van der Waals surface area contributed by atoms with Gasteiger partial charge in [0.1, 0.15) is 6.10 Å². The molecule has 0 aromatic rings. The Morgan fingerprint density at radius 2 is 1.68 bits per heavy atom. The second-order valence-electron chi connectivity index (χ2n) is 6.99. The number of rotatable bonds is 10. The number of nitrogens with one attached hydrogen (secondary N) is 1. The fraction of sp³-hybridized carbons (Fsp3) is 0.789. The molecule has 0 aromatic heterocycles. The maximum Gasteiger partial charge on any atom is 0.331 e. The van der Waals surface area contributed by atoms with Crippen molar-refractivity contribution in [1.82, 2.24) is 0 Å². The van der Waals surface area contributed by atoms with E-state index < -0.39 is 45.7 Å². The zero-order chi connectivity index (χ0) is 21.8. The molecule has 0 aromatic carbocycles. The molecule has 1 aliphatic carbocycles. The minimum atomic E-state index is -5.00. The second-order valence-corrected chi connectivity index (χ2v) is 8.72. The smallest absolute Gasteiger partial charge is 0.331 e. The number of aliphatic carboxylic acids is 1. The lowest BCUT2D eigenvalue weighted by atomic mass is 9.96. The zero-order valence-electron chi connectivity index (χ0n) is 17.2. The van der Waals surface area contributed by atoms with E-state index in [1.165, 1.54) is 19.6 Å². The topological polar surface area (TPSA) is 125 Å². The first-order valence-electron chi connectivity index (χ1n) is 9.90. The summed E-state index contributed by atoms with van der Waals surface area (Å²) in [4.78, 5) is 24.7. The summed E-state index contributed by atoms with van der Waals surface area (Å²) in [5, 5.41) is 10.8. The Bertz CT molecular complexity index is 590. The minimum Gasteiger partial charge on any atom is -0.550 e. The molecular weight excluding hydrogens is 386 g/mol. The largest absolute Gasteiger partial charge is 0.550 e. The van der Waals surface area contributed by atoms with Crippen molar-refractivity contribution in [3.8, 4) is 0 Å². The molecule has 1 fully saturated rings. The SMILES string of the molecule is C=CCC(CC(=O)[O-])(C(=O)OC1CCCCC1)S(=O)(=O)O.CC[NH+](CC)CC. The van der Waals surface area contributed by atoms with Crippen molar-refractivity contribution in [2.45, 2.75) is 76.6 Å². The Morgan fingerprint density at radius 1 is 1.18 bits per heavy atom. The third-order valence-corrected chi connectivity index (χ3v) is 6.56. The maximum atomic E-state index is 12.2. The van der Waals surface area contributed by atoms with Gasteiger partial charge in [0.05, 0.1) is 19.6 Å². The van der Waals surface area contributed by atoms with E-state index in [0.29, 0.717) is 12.8 Å². The molecule has 9 heteroatoms. The highest BCUT2D eigenvalue weighted by Gasteiger charge is 2.51. The van der Waals surface area contributed by atoms with Crippen molar-refractivity contribution < 1.29 is 37.3 Å². The van der Waals surface area contributed by atoms with E-state index in [-0.39, 0.29) is 0 Å². The maximum absolute atomic E-state index is 12.2. The van der Waals surface area contributed by atoms with E-state index in [2.05, 4.69) is 27.4 Å². The number of hydrogen-bond acceptors (Lipinski definition) is 6. The fourth-order valence-electron chi connectivity index (χ4n) is 3.19. The third-order valence-electron chi connectivity index (χ3n) is 5.10. The van der Waals surface area contributed by atoms with Crippen LogP contribution in [0.1, 0.15) is 65.7 Å². The van der Waals surface area contributed by atoms with Gasteiger partial charge in [0.2, 0.25) is 4.75 Å². The molecular formula is C19H35NO7S. The number of carbonyl (C=O) groups is 2. The lowest BCUT2D eigenvalue weighted by molar-refractivity contribution is -0.894. The number of carboxylic acid groups (broad SMARTS) is 1. The molecule has 0 aliphatic heterocycles. The average molecular weight is 422 g/mol. The molecule has 0 heterocycles. The summed E-state index contributed by atoms with van der Waals surface area (Å²) in [5.74, 6) is -3.03. The van der Waals surface area contributed by atoms with Gasteiger partial charge in [-0.3, -0.25) is 9.35 Å². The van der Waals surface area contributed by atoms with Crippen molar-refractivity contribution in [1.29, 1.82) is 0 Å². The van der Waals surface area contributed by atoms with Crippen molar-refractivity contribution in [2.24, 2.45) is 0 Å². The number of ether oxygens (including phenoxy) is 1. The highest BCUT2D eigenvalue weighted by Crippen LogP contribution is 2.30. The Balaban J connectivity index is 0.000000887. The Labute approximate surface area is 168 Å². The van der Waals surface area contributed by atoms with Crippen molar-refractivity contribution >= 4 is 22.1 Å². The molecule has 1 atom stereocenters. The van der Waals surface area contributed by atoms with Crippen LogP contribution in [0.2, 0.25) is 0 Å². The van der Waals surface area contributed by atoms with Crippen LogP contribution in [-0.4, -0.2) is 55.4 Å². The fourth-order valence-corrected chi connectivity index (χ4v) is 4.08. The molecule has 28 heavy (non-hydrogen) atoms. The number of carbonyl (C=O) groups excluding carboxylic acids is 2. The van der Waals surface area contributed by atoms with Gasteiger partial charge in [0.15, 0.2) is 0 Å². The van der Waals surface area contributed by atoms with Gasteiger partial charge in [0, 0.05) is 12.4 Å². The summed E-state index contributed by atoms with van der Waals surface area (Å²) in [6.45, 7) is 13.8. The van der Waals surface area contributed by atoms with E-state index in [1.807, 2.05) is 0 Å². The molecule has 0 amide bonds. The number of carboxylic acids is 1. The van der Waals surface area contributed by atoms with Gasteiger partial charge < -0.3 is 19.5 Å². The first kappa shape index (κ1) is 26.6. The molecule has 0 bridgehead atoms. The van der Waals surface area contributed by atoms with Crippen LogP contribution in [0, 0.1) is 0 Å². The molecule has 0 spiro atoms. The van der Waals surface area contributed by atoms with Crippen LogP contribution in [-0.2, 0) is 24.4 Å². The molecule has 0 radical (unpaired) electrons. The second kappa shape index (κ2) is 12.9. The van der Waals surface area contributed by atoms with Gasteiger partial charge in [-0.25, -0.2) is 0 Å². The van der Waals surface area contributed by atoms with Gasteiger partial charge in [-0.15, -0.1) is 6.58 Å². The van der Waals surface area contributed by atoms with Gasteiger partial charge in [-0.2, -0.15) is 8.42 Å². The third kappa shape index (κ3) is 8.28. The van der Waals surface area contributed by atoms with E-state index >= 15 is 0 Å². The predicted molar refractivity (Wildman–Crippen MR) is 104 cm³/mol. The van der Waals surface area contributed by atoms with Crippen LogP contribution >= 0.6 is 0 Å². The Hall–Kier alpha value is -1.45. The van der Waals surface area contributed by atoms with Crippen molar-refractivity contribution in [2.75, 3.05) is 19.6 Å². The standard InChI is InChI=1S/C13H20O7S.C6H15N/c1-2-8-13(9-11(14)15,21(17,18)19)12(16)20-10-6-4-3-5-7-10;1-4-7(5-2)6-3/h2,10H,1,3-9H2,(H,14,15)(H,17,18,19);4-6H2,1-3H3. The summed E-state index contributed by atoms with van der Waals surface area (Å²) < 4.78 is 35.0. The van der Waals surface area contributed by atoms with Crippen molar-refractivity contribution in [3.05, 3.63) is 12.7 Å². The lowest BCUT2D eigenvalue weighted by Crippen LogP contribution is -3.11. The molecule has 8 nitrogen and oxygen atoms in total. The first-order valence-corrected chi connectivity index (χ1v) is 11.3. The highest BCUT2D eigenvalue weighted by molar-refractivity contribution is 7.88. The zero-order valence-corrected chi connectivity index (χ0v) is 18.1. The molecule has 1 rings (SSSR count). The van der Waals surface area contributed by atoms with Crippen LogP contribution in [0.3, 0.4) is 0 Å². The van der Waals surface area contributed by atoms with Gasteiger partial charge in [-0.05, 0) is 52.9 Å². The van der Waals surface area contributed by atoms with Crippen molar-refractivity contribution in [3.63, 3.8) is 0 Å². The highest BCUT2D eigenvalue weighted by atomic mass is 32.2. The molecule has 164 valence electrons. The average Bonchev–Trinajstić information content (AvgIpc) is 2.63. The summed E-state index contributed by atoms with van der Waals surface area (Å²) in [5.41, 5.74) is 0. The quantitative estimate of drug-likeness (QED) is 0.292. The number of hydrogen-bond donors (Lipinski definition) is 2. The van der Waals surface area contributed by atoms with Gasteiger partial charge >= 0.3 is 5.97 Å². The number of quaternary nitrogens is 1. The predicted octanol–water partition coefficient (Wildman–Crippen LogP) is 0.136. The summed E-state index contributed by atoms with van der Waals surface area (Å²) in [7, 11) is -5.00. The molecule has 1 saturated carbocycles. The van der Waals surface area contributed by atoms with Crippen LogP contribution in [0.25, 0.3) is 0 Å². The van der Waals surface area contributed by atoms with E-state index in [4.69, 9.17) is 4.74 Å². The van der Waals surface area contributed by atoms with E-state index in [1.54, 1.807) is 4.90 Å². The summed E-state index contributed by atoms with van der Waals surface area (Å²) >= 11 is 0. The molecule has 0 saturated heterocycles. The monoisotopic (exact) mass is 421 g/mol. The lowest BCUT2D eigenvalue weighted by Gasteiger charge is -2.31. The normalized spacial score (nSPS) is 17.2. The molecule has 2 N–H and O–H groups in total. The van der Waals surface area contributed by atoms with Crippen LogP contribution in [0.15, 0.2) is 12.7 Å². The first-order chi connectivity index (χ1) is 13.1. The van der Waals surface area contributed by atoms with E-state index in [0.717, 1.165) is 25.3 Å². The summed E-state index contributed by atoms with van der Waals surface area (Å²) in [6.07, 6.45) is 2.73. The Morgan fingerprint density at radius 3 is 2.00 bits per heavy atom. The molecule has 1 aliphatic rings. The summed E-state index contributed by atoms with van der Waals surface area (Å²) in [6, 6.07) is 0. The van der Waals surface area contributed by atoms with Gasteiger partial charge in [-0.1, -0.05) is 12.5 Å². The Kier molecular flexibility index (Phi) is 12.2.